The minimum Gasteiger partial charge on any atom is -0.371 e. The summed E-state index contributed by atoms with van der Waals surface area (Å²) in [6.07, 6.45) is 2.30. The number of nitrogens with one attached hydrogen (secondary N) is 1. The predicted molar refractivity (Wildman–Crippen MR) is 98.6 cm³/mol. The van der Waals surface area contributed by atoms with Crippen LogP contribution in [0.5, 0.6) is 0 Å². The predicted octanol–water partition coefficient (Wildman–Crippen LogP) is 0.791. The molecule has 8 nitrogen and oxygen atoms in total. The first-order valence-electron chi connectivity index (χ1n) is 9.85. The van der Waals surface area contributed by atoms with Crippen LogP contribution in [0.25, 0.3) is 0 Å². The summed E-state index contributed by atoms with van der Waals surface area (Å²) in [6, 6.07) is 5.30. The Bertz CT molecular complexity index is 838. The Labute approximate surface area is 162 Å². The Balaban J connectivity index is 1.31. The minimum atomic E-state index is -0.576. The van der Waals surface area contributed by atoms with Crippen LogP contribution in [0.15, 0.2) is 18.2 Å². The zero-order valence-electron chi connectivity index (χ0n) is 15.6. The molecule has 1 unspecified atom stereocenters. The normalized spacial score (nSPS) is 26.7. The molecule has 5 rings (SSSR count). The highest BCUT2D eigenvalue weighted by atomic mass is 16.7. The van der Waals surface area contributed by atoms with Crippen molar-refractivity contribution in [2.75, 3.05) is 31.2 Å². The molecule has 1 spiro atoms. The van der Waals surface area contributed by atoms with Gasteiger partial charge in [0.1, 0.15) is 6.04 Å². The molecule has 4 heterocycles. The van der Waals surface area contributed by atoms with Gasteiger partial charge in [0, 0.05) is 50.1 Å². The average molecular weight is 385 g/mol. The number of ether oxygens (including phenoxy) is 2. The maximum absolute atomic E-state index is 12.8. The van der Waals surface area contributed by atoms with E-state index in [2.05, 4.69) is 10.2 Å². The van der Waals surface area contributed by atoms with Crippen LogP contribution < -0.4 is 10.2 Å². The van der Waals surface area contributed by atoms with Crippen LogP contribution in [0, 0.1) is 0 Å². The van der Waals surface area contributed by atoms with Gasteiger partial charge in [-0.25, -0.2) is 0 Å². The SMILES string of the molecule is O=C1CCC(N2Cc3cc(N4CCC5(CC4)OCCO5)ccc3C2=O)C(=O)N1. The van der Waals surface area contributed by atoms with E-state index in [0.717, 1.165) is 37.2 Å². The molecule has 0 aromatic heterocycles. The second kappa shape index (κ2) is 6.56. The zero-order valence-corrected chi connectivity index (χ0v) is 15.6. The third-order valence-corrected chi connectivity index (χ3v) is 6.21. The largest absolute Gasteiger partial charge is 0.371 e. The molecule has 148 valence electrons. The quantitative estimate of drug-likeness (QED) is 0.758. The Morgan fingerprint density at radius 3 is 2.54 bits per heavy atom. The number of imide groups is 1. The molecule has 4 aliphatic rings. The second-order valence-electron chi connectivity index (χ2n) is 7.84. The highest BCUT2D eigenvalue weighted by Gasteiger charge is 2.41. The summed E-state index contributed by atoms with van der Waals surface area (Å²) in [5, 5.41) is 2.34. The van der Waals surface area contributed by atoms with Crippen molar-refractivity contribution in [3.63, 3.8) is 0 Å². The zero-order chi connectivity index (χ0) is 19.3. The maximum atomic E-state index is 12.8. The van der Waals surface area contributed by atoms with Gasteiger partial charge in [0.05, 0.1) is 13.2 Å². The summed E-state index contributed by atoms with van der Waals surface area (Å²) in [7, 11) is 0. The number of hydrogen-bond donors (Lipinski definition) is 1. The number of hydrogen-bond acceptors (Lipinski definition) is 6. The Kier molecular flexibility index (Phi) is 4.13. The lowest BCUT2D eigenvalue weighted by atomic mass is 10.0. The Hall–Kier alpha value is -2.45. The van der Waals surface area contributed by atoms with Gasteiger partial charge in [-0.2, -0.15) is 0 Å². The van der Waals surface area contributed by atoms with Crippen molar-refractivity contribution in [2.45, 2.75) is 44.1 Å². The van der Waals surface area contributed by atoms with E-state index in [1.165, 1.54) is 0 Å². The first kappa shape index (κ1) is 17.6. The van der Waals surface area contributed by atoms with Crippen LogP contribution in [-0.2, 0) is 25.6 Å². The molecule has 28 heavy (non-hydrogen) atoms. The Morgan fingerprint density at radius 2 is 1.82 bits per heavy atom. The van der Waals surface area contributed by atoms with Gasteiger partial charge in [0.15, 0.2) is 5.79 Å². The van der Waals surface area contributed by atoms with Gasteiger partial charge < -0.3 is 19.3 Å². The first-order chi connectivity index (χ1) is 13.5. The third kappa shape index (κ3) is 2.87. The minimum absolute atomic E-state index is 0.138. The number of piperidine rings is 2. The van der Waals surface area contributed by atoms with Crippen LogP contribution in [0.4, 0.5) is 5.69 Å². The molecule has 0 radical (unpaired) electrons. The van der Waals surface area contributed by atoms with Crippen LogP contribution >= 0.6 is 0 Å². The lowest BCUT2D eigenvalue weighted by Crippen LogP contribution is -2.52. The van der Waals surface area contributed by atoms with Crippen molar-refractivity contribution in [1.82, 2.24) is 10.2 Å². The van der Waals surface area contributed by atoms with E-state index in [0.29, 0.717) is 31.7 Å². The molecule has 3 amide bonds. The fraction of sp³-hybridized carbons (Fsp3) is 0.550. The van der Waals surface area contributed by atoms with Gasteiger partial charge in [-0.3, -0.25) is 19.7 Å². The van der Waals surface area contributed by atoms with E-state index < -0.39 is 11.8 Å². The molecule has 3 saturated heterocycles. The van der Waals surface area contributed by atoms with Crippen molar-refractivity contribution < 1.29 is 23.9 Å². The molecular formula is C20H23N3O5. The molecule has 1 aromatic carbocycles. The number of fused-ring (bicyclic) bond motifs is 1. The average Bonchev–Trinajstić information content (AvgIpc) is 3.27. The molecule has 0 saturated carbocycles. The van der Waals surface area contributed by atoms with E-state index in [9.17, 15) is 14.4 Å². The van der Waals surface area contributed by atoms with E-state index >= 15 is 0 Å². The van der Waals surface area contributed by atoms with E-state index in [1.54, 1.807) is 4.90 Å². The summed E-state index contributed by atoms with van der Waals surface area (Å²) in [6.45, 7) is 3.40. The monoisotopic (exact) mass is 385 g/mol. The number of rotatable bonds is 2. The number of carbonyl (C=O) groups excluding carboxylic acids is 3. The molecule has 8 heteroatoms. The van der Waals surface area contributed by atoms with Crippen LogP contribution in [-0.4, -0.2) is 60.8 Å². The molecular weight excluding hydrogens is 362 g/mol. The van der Waals surface area contributed by atoms with Gasteiger partial charge in [0.2, 0.25) is 11.8 Å². The molecule has 1 N–H and O–H groups in total. The topological polar surface area (TPSA) is 88.2 Å². The molecule has 0 aliphatic carbocycles. The lowest BCUT2D eigenvalue weighted by Gasteiger charge is -2.38. The van der Waals surface area contributed by atoms with Gasteiger partial charge in [0.25, 0.3) is 5.91 Å². The summed E-state index contributed by atoms with van der Waals surface area (Å²) in [4.78, 5) is 40.2. The van der Waals surface area contributed by atoms with Gasteiger partial charge in [-0.1, -0.05) is 0 Å². The first-order valence-corrected chi connectivity index (χ1v) is 9.85. The van der Waals surface area contributed by atoms with Crippen molar-refractivity contribution in [2.24, 2.45) is 0 Å². The van der Waals surface area contributed by atoms with Crippen molar-refractivity contribution in [3.05, 3.63) is 29.3 Å². The van der Waals surface area contributed by atoms with Crippen LogP contribution in [0.1, 0.15) is 41.6 Å². The van der Waals surface area contributed by atoms with E-state index in [-0.39, 0.29) is 24.1 Å². The van der Waals surface area contributed by atoms with Crippen LogP contribution in [0.2, 0.25) is 0 Å². The summed E-state index contributed by atoms with van der Waals surface area (Å²) >= 11 is 0. The van der Waals surface area contributed by atoms with E-state index in [1.807, 2.05) is 18.2 Å². The fourth-order valence-electron chi connectivity index (χ4n) is 4.65. The van der Waals surface area contributed by atoms with E-state index in [4.69, 9.17) is 9.47 Å². The lowest BCUT2D eigenvalue weighted by molar-refractivity contribution is -0.169. The van der Waals surface area contributed by atoms with Gasteiger partial charge in [-0.15, -0.1) is 0 Å². The van der Waals surface area contributed by atoms with Crippen LogP contribution in [0.3, 0.4) is 0 Å². The third-order valence-electron chi connectivity index (χ3n) is 6.21. The second-order valence-corrected chi connectivity index (χ2v) is 7.84. The summed E-state index contributed by atoms with van der Waals surface area (Å²) in [5.41, 5.74) is 2.65. The molecule has 1 aromatic rings. The van der Waals surface area contributed by atoms with Gasteiger partial charge in [-0.05, 0) is 30.2 Å². The number of carbonyl (C=O) groups is 3. The van der Waals surface area contributed by atoms with Gasteiger partial charge >= 0.3 is 0 Å². The molecule has 0 bridgehead atoms. The maximum Gasteiger partial charge on any atom is 0.255 e. The molecule has 1 atom stereocenters. The highest BCUT2D eigenvalue weighted by molar-refractivity contribution is 6.05. The standard InChI is InChI=1S/C20H23N3O5/c24-17-4-3-16(18(25)21-17)23-12-13-11-14(1-2-15(13)19(23)26)22-7-5-20(6-8-22)27-9-10-28-20/h1-2,11,16H,3-10,12H2,(H,21,24,25). The summed E-state index contributed by atoms with van der Waals surface area (Å²) < 4.78 is 11.6. The fourth-order valence-corrected chi connectivity index (χ4v) is 4.65. The summed E-state index contributed by atoms with van der Waals surface area (Å²) in [5.74, 6) is -1.20. The van der Waals surface area contributed by atoms with Crippen molar-refractivity contribution >= 4 is 23.4 Å². The highest BCUT2D eigenvalue weighted by Crippen LogP contribution is 2.35. The molecule has 4 aliphatic heterocycles. The number of nitrogens with zero attached hydrogens (tertiary/aromatic N) is 2. The van der Waals surface area contributed by atoms with Crippen molar-refractivity contribution in [1.29, 1.82) is 0 Å². The Morgan fingerprint density at radius 1 is 1.07 bits per heavy atom. The smallest absolute Gasteiger partial charge is 0.255 e. The number of benzene rings is 1. The number of anilines is 1. The van der Waals surface area contributed by atoms with Crippen molar-refractivity contribution in [3.8, 4) is 0 Å². The number of amides is 3. The molecule has 3 fully saturated rings.